The molecular formula is C14H22N2OS. The molecule has 1 fully saturated rings. The van der Waals surface area contributed by atoms with Gasteiger partial charge in [-0.1, -0.05) is 13.8 Å². The van der Waals surface area contributed by atoms with Gasteiger partial charge in [0.1, 0.15) is 10.8 Å². The molecule has 2 heterocycles. The van der Waals surface area contributed by atoms with Crippen LogP contribution < -0.4 is 0 Å². The third-order valence-electron chi connectivity index (χ3n) is 4.15. The Bertz CT molecular complexity index is 429. The lowest BCUT2D eigenvalue weighted by molar-refractivity contribution is -0.128. The third-order valence-corrected chi connectivity index (χ3v) is 5.46. The maximum atomic E-state index is 11.7. The number of aryl methyl sites for hydroxylation is 1. The topological polar surface area (TPSA) is 33.2 Å². The Labute approximate surface area is 113 Å². The zero-order valence-electron chi connectivity index (χ0n) is 11.6. The van der Waals surface area contributed by atoms with Crippen molar-refractivity contribution >= 4 is 17.1 Å². The Kier molecular flexibility index (Phi) is 4.17. The Morgan fingerprint density at radius 1 is 1.56 bits per heavy atom. The molecule has 0 bridgehead atoms. The van der Waals surface area contributed by atoms with E-state index in [9.17, 15) is 4.79 Å². The number of piperidine rings is 1. The average Bonchev–Trinajstić information content (AvgIpc) is 2.84. The summed E-state index contributed by atoms with van der Waals surface area (Å²) in [6, 6.07) is 0.635. The number of carbonyl (C=O) groups is 1. The van der Waals surface area contributed by atoms with Gasteiger partial charge in [-0.3, -0.25) is 9.69 Å². The van der Waals surface area contributed by atoms with Crippen LogP contribution in [0.25, 0.3) is 0 Å². The molecule has 1 aromatic heterocycles. The highest BCUT2D eigenvalue weighted by atomic mass is 32.1. The standard InChI is InChI=1S/C14H22N2OS/c1-5-12-8-15-14(18-12)11(4)16-7-6-13(17)9(2)10(16)3/h8-11H,5-7H2,1-4H3. The second kappa shape index (κ2) is 5.49. The lowest BCUT2D eigenvalue weighted by Crippen LogP contribution is -2.47. The van der Waals surface area contributed by atoms with Crippen molar-refractivity contribution in [3.8, 4) is 0 Å². The first-order chi connectivity index (χ1) is 8.54. The summed E-state index contributed by atoms with van der Waals surface area (Å²) >= 11 is 1.80. The molecule has 3 unspecified atom stereocenters. The Morgan fingerprint density at radius 3 is 2.89 bits per heavy atom. The van der Waals surface area contributed by atoms with E-state index < -0.39 is 0 Å². The Hall–Kier alpha value is -0.740. The number of ketones is 1. The largest absolute Gasteiger partial charge is 0.299 e. The van der Waals surface area contributed by atoms with Gasteiger partial charge in [0, 0.05) is 36.0 Å². The van der Waals surface area contributed by atoms with Gasteiger partial charge in [0.15, 0.2) is 0 Å². The van der Waals surface area contributed by atoms with E-state index in [-0.39, 0.29) is 5.92 Å². The number of hydrogen-bond acceptors (Lipinski definition) is 4. The number of likely N-dealkylation sites (tertiary alicyclic amines) is 1. The average molecular weight is 266 g/mol. The maximum Gasteiger partial charge on any atom is 0.138 e. The van der Waals surface area contributed by atoms with E-state index in [0.29, 0.717) is 24.3 Å². The summed E-state index contributed by atoms with van der Waals surface area (Å²) in [5, 5.41) is 1.18. The SMILES string of the molecule is CCc1cnc(C(C)N2CCC(=O)C(C)C2C)s1. The van der Waals surface area contributed by atoms with Gasteiger partial charge in [-0.2, -0.15) is 0 Å². The highest BCUT2D eigenvalue weighted by Gasteiger charge is 2.34. The van der Waals surface area contributed by atoms with Gasteiger partial charge in [0.25, 0.3) is 0 Å². The van der Waals surface area contributed by atoms with Gasteiger partial charge >= 0.3 is 0 Å². The zero-order chi connectivity index (χ0) is 13.3. The van der Waals surface area contributed by atoms with Crippen LogP contribution in [0.2, 0.25) is 0 Å². The first-order valence-corrected chi connectivity index (χ1v) is 7.59. The predicted molar refractivity (Wildman–Crippen MR) is 74.9 cm³/mol. The third kappa shape index (κ3) is 2.50. The molecule has 18 heavy (non-hydrogen) atoms. The number of carbonyl (C=O) groups excluding carboxylic acids is 1. The monoisotopic (exact) mass is 266 g/mol. The molecule has 1 saturated heterocycles. The van der Waals surface area contributed by atoms with Gasteiger partial charge in [0.05, 0.1) is 6.04 Å². The van der Waals surface area contributed by atoms with Crippen molar-refractivity contribution in [1.82, 2.24) is 9.88 Å². The van der Waals surface area contributed by atoms with Crippen LogP contribution in [0.1, 0.15) is 50.0 Å². The second-order valence-corrected chi connectivity index (χ2v) is 6.32. The van der Waals surface area contributed by atoms with Crippen molar-refractivity contribution in [1.29, 1.82) is 0 Å². The van der Waals surface area contributed by atoms with Crippen LogP contribution in [-0.4, -0.2) is 28.3 Å². The molecule has 0 N–H and O–H groups in total. The molecule has 4 heteroatoms. The molecule has 1 aliphatic rings. The van der Waals surface area contributed by atoms with Crippen LogP contribution in [0.3, 0.4) is 0 Å². The van der Waals surface area contributed by atoms with Crippen LogP contribution >= 0.6 is 11.3 Å². The van der Waals surface area contributed by atoms with Crippen LogP contribution in [0, 0.1) is 5.92 Å². The quantitative estimate of drug-likeness (QED) is 0.843. The van der Waals surface area contributed by atoms with E-state index in [0.717, 1.165) is 13.0 Å². The van der Waals surface area contributed by atoms with E-state index in [1.807, 2.05) is 13.1 Å². The van der Waals surface area contributed by atoms with E-state index >= 15 is 0 Å². The molecular weight excluding hydrogens is 244 g/mol. The summed E-state index contributed by atoms with van der Waals surface area (Å²) in [5.41, 5.74) is 0. The fourth-order valence-electron chi connectivity index (χ4n) is 2.59. The number of hydrogen-bond donors (Lipinski definition) is 0. The maximum absolute atomic E-state index is 11.7. The molecule has 2 rings (SSSR count). The van der Waals surface area contributed by atoms with E-state index in [4.69, 9.17) is 0 Å². The van der Waals surface area contributed by atoms with Gasteiger partial charge in [-0.15, -0.1) is 11.3 Å². The van der Waals surface area contributed by atoms with E-state index in [1.54, 1.807) is 11.3 Å². The molecule has 1 aliphatic heterocycles. The highest BCUT2D eigenvalue weighted by molar-refractivity contribution is 7.11. The van der Waals surface area contributed by atoms with Crippen LogP contribution in [0.5, 0.6) is 0 Å². The van der Waals surface area contributed by atoms with E-state index in [2.05, 4.69) is 30.7 Å². The number of rotatable bonds is 3. The number of nitrogens with zero attached hydrogens (tertiary/aromatic N) is 2. The number of thiazole rings is 1. The van der Waals surface area contributed by atoms with E-state index in [1.165, 1.54) is 9.88 Å². The molecule has 0 spiro atoms. The molecule has 0 amide bonds. The molecule has 0 radical (unpaired) electrons. The molecule has 0 aromatic carbocycles. The summed E-state index contributed by atoms with van der Waals surface area (Å²) in [5.74, 6) is 0.547. The first-order valence-electron chi connectivity index (χ1n) is 6.77. The van der Waals surface area contributed by atoms with Crippen LogP contribution in [-0.2, 0) is 11.2 Å². The zero-order valence-corrected chi connectivity index (χ0v) is 12.5. The van der Waals surface area contributed by atoms with Crippen LogP contribution in [0.4, 0.5) is 0 Å². The molecule has 0 aliphatic carbocycles. The van der Waals surface area contributed by atoms with Gasteiger partial charge in [-0.05, 0) is 20.3 Å². The number of aromatic nitrogens is 1. The fourth-order valence-corrected chi connectivity index (χ4v) is 3.52. The minimum Gasteiger partial charge on any atom is -0.299 e. The molecule has 1 aromatic rings. The summed E-state index contributed by atoms with van der Waals surface area (Å²) in [6.45, 7) is 9.44. The first kappa shape index (κ1) is 13.7. The smallest absolute Gasteiger partial charge is 0.138 e. The lowest BCUT2D eigenvalue weighted by atomic mass is 9.90. The Balaban J connectivity index is 2.13. The van der Waals surface area contributed by atoms with Gasteiger partial charge in [0.2, 0.25) is 0 Å². The molecule has 3 nitrogen and oxygen atoms in total. The van der Waals surface area contributed by atoms with Gasteiger partial charge < -0.3 is 0 Å². The molecule has 0 saturated carbocycles. The molecule has 3 atom stereocenters. The van der Waals surface area contributed by atoms with Crippen LogP contribution in [0.15, 0.2) is 6.20 Å². The summed E-state index contributed by atoms with van der Waals surface area (Å²) in [4.78, 5) is 20.0. The molecule has 100 valence electrons. The van der Waals surface area contributed by atoms with Crippen molar-refractivity contribution < 1.29 is 4.79 Å². The summed E-state index contributed by atoms with van der Waals surface area (Å²) in [6.07, 6.45) is 3.72. The summed E-state index contributed by atoms with van der Waals surface area (Å²) < 4.78 is 0. The Morgan fingerprint density at radius 2 is 2.28 bits per heavy atom. The second-order valence-electron chi connectivity index (χ2n) is 5.18. The van der Waals surface area contributed by atoms with Crippen molar-refractivity contribution in [2.24, 2.45) is 5.92 Å². The van der Waals surface area contributed by atoms with Crippen molar-refractivity contribution in [2.75, 3.05) is 6.54 Å². The van der Waals surface area contributed by atoms with Crippen molar-refractivity contribution in [3.63, 3.8) is 0 Å². The highest BCUT2D eigenvalue weighted by Crippen LogP contribution is 2.31. The van der Waals surface area contributed by atoms with Crippen molar-refractivity contribution in [3.05, 3.63) is 16.1 Å². The fraction of sp³-hybridized carbons (Fsp3) is 0.714. The summed E-state index contributed by atoms with van der Waals surface area (Å²) in [7, 11) is 0. The normalized spacial score (nSPS) is 27.4. The lowest BCUT2D eigenvalue weighted by Gasteiger charge is -2.40. The minimum atomic E-state index is 0.145. The van der Waals surface area contributed by atoms with Gasteiger partial charge in [-0.25, -0.2) is 4.98 Å². The number of Topliss-reactive ketones (excluding diaryl/α,β-unsaturated/α-hetero) is 1. The van der Waals surface area contributed by atoms with Crippen molar-refractivity contribution in [2.45, 2.75) is 52.6 Å². The predicted octanol–water partition coefficient (Wildman–Crippen LogP) is 3.07. The minimum absolute atomic E-state index is 0.145.